The van der Waals surface area contributed by atoms with Crippen LogP contribution in [0.4, 0.5) is 8.78 Å². The Morgan fingerprint density at radius 2 is 1.02 bits per heavy atom. The predicted octanol–water partition coefficient (Wildman–Crippen LogP) is 15.5. The number of hydrogen-bond donors (Lipinski definition) is 0. The predicted molar refractivity (Wildman–Crippen MR) is 262 cm³/mol. The zero-order valence-corrected chi connectivity index (χ0v) is 35.5. The molecule has 12 rings (SSSR count). The number of halogens is 2. The average molecular weight is 843 g/mol. The molecule has 6 heteroatoms. The van der Waals surface area contributed by atoms with Crippen molar-refractivity contribution in [1.29, 1.82) is 0 Å². The normalized spacial score (nSPS) is 13.6. The number of hydrogen-bond acceptors (Lipinski definition) is 2. The van der Waals surface area contributed by atoms with Crippen LogP contribution in [0, 0.1) is 11.6 Å². The van der Waals surface area contributed by atoms with Crippen LogP contribution >= 0.6 is 0 Å². The molecule has 0 N–H and O–H groups in total. The Kier molecular flexibility index (Phi) is 9.19. The van der Waals surface area contributed by atoms with E-state index in [1.807, 2.05) is 72.8 Å². The van der Waals surface area contributed by atoms with Gasteiger partial charge in [-0.15, -0.1) is 0 Å². The summed E-state index contributed by atoms with van der Waals surface area (Å²) in [7, 11) is 0. The van der Waals surface area contributed by atoms with Crippen molar-refractivity contribution in [2.75, 3.05) is 0 Å². The molecule has 0 radical (unpaired) electrons. The molecule has 0 bridgehead atoms. The molecule has 0 saturated carbocycles. The highest BCUT2D eigenvalue weighted by molar-refractivity contribution is 6.10. The standard InChI is InChI=1S/C59H40F2N4/c1-37-30-42(47-34-52(61)50(35-51(47)60)54-36-53(38-16-5-2-6-17-38)62-59(63-54)39-18-7-3-8-19-39)33-49-46-25-12-14-27-56(46)65(58(37)49)44-23-15-20-40(31-44)41-28-29-57-48(32-41)45-24-11-13-26-55(45)64(57)43-21-9-4-10-22-43/h2-29,31-37H,30H2,1H3. The number of rotatable bonds is 7. The monoisotopic (exact) mass is 842 g/mol. The maximum absolute atomic E-state index is 16.7. The first-order chi connectivity index (χ1) is 32.0. The minimum Gasteiger partial charge on any atom is -0.313 e. The van der Waals surface area contributed by atoms with Crippen LogP contribution in [0.25, 0.3) is 101 Å². The minimum atomic E-state index is -0.542. The van der Waals surface area contributed by atoms with Gasteiger partial charge < -0.3 is 9.13 Å². The van der Waals surface area contributed by atoms with E-state index in [4.69, 9.17) is 9.97 Å². The van der Waals surface area contributed by atoms with Gasteiger partial charge in [-0.25, -0.2) is 18.7 Å². The molecule has 0 spiro atoms. The molecule has 11 aromatic rings. The van der Waals surface area contributed by atoms with E-state index in [1.54, 1.807) is 6.07 Å². The van der Waals surface area contributed by atoms with Gasteiger partial charge in [0.25, 0.3) is 0 Å². The van der Waals surface area contributed by atoms with Gasteiger partial charge >= 0.3 is 0 Å². The Morgan fingerprint density at radius 1 is 0.446 bits per heavy atom. The highest BCUT2D eigenvalue weighted by atomic mass is 19.1. The second kappa shape index (κ2) is 15.5. The van der Waals surface area contributed by atoms with Crippen molar-refractivity contribution >= 4 is 44.4 Å². The van der Waals surface area contributed by atoms with Crippen molar-refractivity contribution in [2.45, 2.75) is 19.3 Å². The van der Waals surface area contributed by atoms with Crippen molar-refractivity contribution in [3.05, 3.63) is 229 Å². The van der Waals surface area contributed by atoms with E-state index < -0.39 is 11.6 Å². The second-order valence-electron chi connectivity index (χ2n) is 16.9. The Balaban J connectivity index is 0.941. The van der Waals surface area contributed by atoms with Gasteiger partial charge in [-0.3, -0.25) is 0 Å². The van der Waals surface area contributed by atoms with Crippen molar-refractivity contribution in [3.63, 3.8) is 0 Å². The molecule has 0 fully saturated rings. The molecule has 1 unspecified atom stereocenters. The summed E-state index contributed by atoms with van der Waals surface area (Å²) in [5.41, 5.74) is 13.7. The van der Waals surface area contributed by atoms with Gasteiger partial charge in [0.2, 0.25) is 0 Å². The summed E-state index contributed by atoms with van der Waals surface area (Å²) in [4.78, 5) is 9.61. The summed E-state index contributed by atoms with van der Waals surface area (Å²) >= 11 is 0. The molecule has 3 heterocycles. The average Bonchev–Trinajstić information content (AvgIpc) is 3.88. The molecular weight excluding hydrogens is 803 g/mol. The van der Waals surface area contributed by atoms with E-state index in [0.717, 1.165) is 66.9 Å². The van der Waals surface area contributed by atoms with E-state index in [-0.39, 0.29) is 17.0 Å². The zero-order chi connectivity index (χ0) is 43.6. The van der Waals surface area contributed by atoms with Crippen LogP contribution in [-0.2, 0) is 0 Å². The Labute approximate surface area is 375 Å². The third-order valence-corrected chi connectivity index (χ3v) is 12.9. The molecular formula is C59H40F2N4. The lowest BCUT2D eigenvalue weighted by molar-refractivity contribution is 0.597. The number of para-hydroxylation sites is 3. The van der Waals surface area contributed by atoms with Crippen LogP contribution in [-0.4, -0.2) is 19.1 Å². The van der Waals surface area contributed by atoms with Gasteiger partial charge in [-0.1, -0.05) is 140 Å². The smallest absolute Gasteiger partial charge is 0.160 e. The van der Waals surface area contributed by atoms with Crippen LogP contribution in [0.5, 0.6) is 0 Å². The highest BCUT2D eigenvalue weighted by Gasteiger charge is 2.29. The molecule has 0 aliphatic heterocycles. The molecule has 0 saturated heterocycles. The van der Waals surface area contributed by atoms with Gasteiger partial charge in [-0.2, -0.15) is 0 Å². The SMILES string of the molecule is CC1CC(c2cc(F)c(-c3cc(-c4ccccc4)nc(-c4ccccc4)n3)cc2F)=Cc2c1n(-c1cccc(-c3ccc4c(c3)c3ccccc3n4-c3ccccc3)c1)c1ccccc21. The Bertz CT molecular complexity index is 3600. The molecule has 0 amide bonds. The van der Waals surface area contributed by atoms with Crippen molar-refractivity contribution in [3.8, 4) is 56.4 Å². The van der Waals surface area contributed by atoms with Gasteiger partial charge in [-0.05, 0) is 95.9 Å². The third kappa shape index (κ3) is 6.56. The quantitative estimate of drug-likeness (QED) is 0.160. The van der Waals surface area contributed by atoms with Crippen LogP contribution in [0.2, 0.25) is 0 Å². The molecule has 310 valence electrons. The van der Waals surface area contributed by atoms with Gasteiger partial charge in [0.05, 0.1) is 27.9 Å². The maximum atomic E-state index is 16.7. The van der Waals surface area contributed by atoms with Crippen molar-refractivity contribution < 1.29 is 8.78 Å². The topological polar surface area (TPSA) is 35.6 Å². The summed E-state index contributed by atoms with van der Waals surface area (Å²) in [6, 6.07) is 66.6. The van der Waals surface area contributed by atoms with E-state index in [2.05, 4.69) is 131 Å². The first-order valence-electron chi connectivity index (χ1n) is 22.0. The van der Waals surface area contributed by atoms with Gasteiger partial charge in [0.15, 0.2) is 5.82 Å². The van der Waals surface area contributed by atoms with E-state index in [0.29, 0.717) is 23.6 Å². The van der Waals surface area contributed by atoms with Crippen LogP contribution in [0.3, 0.4) is 0 Å². The third-order valence-electron chi connectivity index (χ3n) is 12.9. The first-order valence-corrected chi connectivity index (χ1v) is 22.0. The van der Waals surface area contributed by atoms with Crippen LogP contribution < -0.4 is 0 Å². The zero-order valence-electron chi connectivity index (χ0n) is 35.5. The fourth-order valence-electron chi connectivity index (χ4n) is 9.93. The van der Waals surface area contributed by atoms with Gasteiger partial charge in [0, 0.05) is 67.0 Å². The lowest BCUT2D eigenvalue weighted by Crippen LogP contribution is -2.10. The van der Waals surface area contributed by atoms with E-state index >= 15 is 8.78 Å². The summed E-state index contributed by atoms with van der Waals surface area (Å²) < 4.78 is 37.9. The largest absolute Gasteiger partial charge is 0.313 e. The van der Waals surface area contributed by atoms with Crippen molar-refractivity contribution in [1.82, 2.24) is 19.1 Å². The Morgan fingerprint density at radius 3 is 1.78 bits per heavy atom. The van der Waals surface area contributed by atoms with Crippen molar-refractivity contribution in [2.24, 2.45) is 0 Å². The first kappa shape index (κ1) is 38.5. The number of fused-ring (bicyclic) bond motifs is 6. The molecule has 3 aromatic heterocycles. The number of benzene rings is 8. The minimum absolute atomic E-state index is 0.00705. The molecule has 8 aromatic carbocycles. The maximum Gasteiger partial charge on any atom is 0.160 e. The summed E-state index contributed by atoms with van der Waals surface area (Å²) in [5, 5.41) is 3.47. The Hall–Kier alpha value is -8.22. The van der Waals surface area contributed by atoms with Crippen LogP contribution in [0.15, 0.2) is 200 Å². The summed E-state index contributed by atoms with van der Waals surface area (Å²) in [6.45, 7) is 2.18. The molecule has 1 aliphatic carbocycles. The van der Waals surface area contributed by atoms with E-state index in [9.17, 15) is 0 Å². The molecule has 65 heavy (non-hydrogen) atoms. The van der Waals surface area contributed by atoms with E-state index in [1.165, 1.54) is 28.4 Å². The second-order valence-corrected chi connectivity index (χ2v) is 16.9. The van der Waals surface area contributed by atoms with Gasteiger partial charge in [0.1, 0.15) is 11.6 Å². The fourth-order valence-corrected chi connectivity index (χ4v) is 9.93. The fraction of sp³-hybridized carbons (Fsp3) is 0.0508. The van der Waals surface area contributed by atoms with Crippen LogP contribution in [0.1, 0.15) is 36.1 Å². The number of nitrogens with zero attached hydrogens (tertiary/aromatic N) is 4. The number of aromatic nitrogens is 4. The molecule has 1 aliphatic rings. The molecule has 4 nitrogen and oxygen atoms in total. The highest BCUT2D eigenvalue weighted by Crippen LogP contribution is 2.46. The molecule has 1 atom stereocenters. The summed E-state index contributed by atoms with van der Waals surface area (Å²) in [5.74, 6) is -0.603. The lowest BCUT2D eigenvalue weighted by atomic mass is 9.84. The summed E-state index contributed by atoms with van der Waals surface area (Å²) in [6.07, 6.45) is 2.60. The number of allylic oxidation sites excluding steroid dienone is 1. The lowest BCUT2D eigenvalue weighted by Gasteiger charge is -2.24.